The highest BCUT2D eigenvalue weighted by atomic mass is 79.9. The first-order valence-corrected chi connectivity index (χ1v) is 7.42. The Morgan fingerprint density at radius 1 is 0.905 bits per heavy atom. The molecule has 0 fully saturated rings. The summed E-state index contributed by atoms with van der Waals surface area (Å²) in [4.78, 5) is 0. The Balaban J connectivity index is 1.86. The molecule has 0 saturated carbocycles. The number of rotatable bonds is 7. The number of para-hydroxylation sites is 2. The van der Waals surface area contributed by atoms with E-state index in [9.17, 15) is 4.39 Å². The average Bonchev–Trinajstić information content (AvgIpc) is 2.49. The Kier molecular flexibility index (Phi) is 5.87. The molecule has 21 heavy (non-hydrogen) atoms. The second-order valence-electron chi connectivity index (χ2n) is 4.15. The van der Waals surface area contributed by atoms with Gasteiger partial charge in [-0.2, -0.15) is 0 Å². The Hall–Kier alpha value is -1.75. The summed E-state index contributed by atoms with van der Waals surface area (Å²) in [6.45, 7) is 3.14. The Labute approximate surface area is 131 Å². The molecule has 0 aliphatic rings. The molecule has 2 aromatic carbocycles. The third-order valence-electron chi connectivity index (χ3n) is 2.64. The van der Waals surface area contributed by atoms with Crippen LogP contribution in [0.25, 0.3) is 0 Å². The zero-order valence-electron chi connectivity index (χ0n) is 11.6. The minimum atomic E-state index is -0.337. The van der Waals surface area contributed by atoms with Gasteiger partial charge in [0.25, 0.3) is 0 Å². The molecule has 3 nitrogen and oxygen atoms in total. The Morgan fingerprint density at radius 2 is 1.52 bits per heavy atom. The summed E-state index contributed by atoms with van der Waals surface area (Å²) < 4.78 is 30.4. The summed E-state index contributed by atoms with van der Waals surface area (Å²) in [5.41, 5.74) is 0. The molecule has 0 atom stereocenters. The second kappa shape index (κ2) is 7.88. The number of halogens is 2. The van der Waals surface area contributed by atoms with Crippen LogP contribution in [0.1, 0.15) is 6.92 Å². The number of benzene rings is 2. The molecule has 0 bridgehead atoms. The quantitative estimate of drug-likeness (QED) is 0.687. The highest BCUT2D eigenvalue weighted by Gasteiger charge is 2.05. The summed E-state index contributed by atoms with van der Waals surface area (Å²) >= 11 is 3.31. The topological polar surface area (TPSA) is 27.7 Å². The predicted octanol–water partition coefficient (Wildman–Crippen LogP) is 4.44. The van der Waals surface area contributed by atoms with Crippen LogP contribution in [0.2, 0.25) is 0 Å². The van der Waals surface area contributed by atoms with Crippen LogP contribution in [-0.4, -0.2) is 19.8 Å². The Bertz CT molecular complexity index is 589. The van der Waals surface area contributed by atoms with Crippen LogP contribution in [-0.2, 0) is 0 Å². The van der Waals surface area contributed by atoms with Crippen molar-refractivity contribution in [1.29, 1.82) is 0 Å². The molecule has 0 unspecified atom stereocenters. The fraction of sp³-hybridized carbons (Fsp3) is 0.250. The van der Waals surface area contributed by atoms with Crippen LogP contribution in [0.5, 0.6) is 17.2 Å². The first kappa shape index (κ1) is 15.6. The molecule has 0 aromatic heterocycles. The normalized spacial score (nSPS) is 10.2. The molecule has 0 N–H and O–H groups in total. The predicted molar refractivity (Wildman–Crippen MR) is 82.7 cm³/mol. The van der Waals surface area contributed by atoms with Gasteiger partial charge in [-0.3, -0.25) is 0 Å². The van der Waals surface area contributed by atoms with Crippen molar-refractivity contribution in [3.8, 4) is 17.2 Å². The molecule has 0 heterocycles. The lowest BCUT2D eigenvalue weighted by molar-refractivity contribution is 0.207. The zero-order chi connectivity index (χ0) is 15.1. The highest BCUT2D eigenvalue weighted by Crippen LogP contribution is 2.27. The maximum absolute atomic E-state index is 13.1. The summed E-state index contributed by atoms with van der Waals surface area (Å²) in [7, 11) is 0. The van der Waals surface area contributed by atoms with Crippen molar-refractivity contribution in [3.63, 3.8) is 0 Å². The van der Waals surface area contributed by atoms with Gasteiger partial charge < -0.3 is 14.2 Å². The van der Waals surface area contributed by atoms with Gasteiger partial charge in [-0.05, 0) is 47.1 Å². The van der Waals surface area contributed by atoms with E-state index >= 15 is 0 Å². The van der Waals surface area contributed by atoms with Crippen molar-refractivity contribution in [2.45, 2.75) is 6.92 Å². The number of hydrogen-bond donors (Lipinski definition) is 0. The van der Waals surface area contributed by atoms with Crippen LogP contribution in [0.4, 0.5) is 4.39 Å². The van der Waals surface area contributed by atoms with E-state index in [2.05, 4.69) is 15.9 Å². The van der Waals surface area contributed by atoms with E-state index in [0.29, 0.717) is 41.5 Å². The largest absolute Gasteiger partial charge is 0.490 e. The van der Waals surface area contributed by atoms with Crippen LogP contribution >= 0.6 is 15.9 Å². The first-order chi connectivity index (χ1) is 10.2. The standard InChI is InChI=1S/C16H16BrFO3/c1-2-19-14-5-3-4-6-15(14)20-9-10-21-16-11-12(18)7-8-13(16)17/h3-8,11H,2,9-10H2,1H3. The van der Waals surface area contributed by atoms with Gasteiger partial charge in [0.1, 0.15) is 24.8 Å². The molecule has 0 aliphatic heterocycles. The second-order valence-corrected chi connectivity index (χ2v) is 5.01. The summed E-state index contributed by atoms with van der Waals surface area (Å²) in [6, 6.07) is 11.8. The molecule has 2 aromatic rings. The van der Waals surface area contributed by atoms with Crippen LogP contribution < -0.4 is 14.2 Å². The molecule has 0 spiro atoms. The van der Waals surface area contributed by atoms with Crippen molar-refractivity contribution >= 4 is 15.9 Å². The molecule has 5 heteroatoms. The summed E-state index contributed by atoms with van der Waals surface area (Å²) in [5.74, 6) is 1.49. The fourth-order valence-electron chi connectivity index (χ4n) is 1.74. The lowest BCUT2D eigenvalue weighted by atomic mass is 10.3. The molecule has 0 amide bonds. The molecule has 0 radical (unpaired) electrons. The zero-order valence-corrected chi connectivity index (χ0v) is 13.2. The van der Waals surface area contributed by atoms with Crippen molar-refractivity contribution in [1.82, 2.24) is 0 Å². The lowest BCUT2D eigenvalue weighted by Crippen LogP contribution is -2.10. The van der Waals surface area contributed by atoms with Gasteiger partial charge in [0.05, 0.1) is 11.1 Å². The highest BCUT2D eigenvalue weighted by molar-refractivity contribution is 9.10. The molecular formula is C16H16BrFO3. The third kappa shape index (κ3) is 4.63. The monoisotopic (exact) mass is 354 g/mol. The van der Waals surface area contributed by atoms with E-state index in [1.165, 1.54) is 12.1 Å². The number of hydrogen-bond acceptors (Lipinski definition) is 3. The van der Waals surface area contributed by atoms with Gasteiger partial charge in [-0.25, -0.2) is 4.39 Å². The molecule has 112 valence electrons. The summed E-state index contributed by atoms with van der Waals surface area (Å²) in [6.07, 6.45) is 0. The van der Waals surface area contributed by atoms with E-state index in [1.807, 2.05) is 31.2 Å². The fourth-order valence-corrected chi connectivity index (χ4v) is 2.10. The van der Waals surface area contributed by atoms with Crippen molar-refractivity contribution in [2.75, 3.05) is 19.8 Å². The van der Waals surface area contributed by atoms with Gasteiger partial charge in [-0.1, -0.05) is 12.1 Å². The van der Waals surface area contributed by atoms with Gasteiger partial charge in [0, 0.05) is 6.07 Å². The Morgan fingerprint density at radius 3 is 2.19 bits per heavy atom. The van der Waals surface area contributed by atoms with Crippen molar-refractivity contribution in [3.05, 3.63) is 52.8 Å². The first-order valence-electron chi connectivity index (χ1n) is 6.63. The number of ether oxygens (including phenoxy) is 3. The maximum Gasteiger partial charge on any atom is 0.161 e. The van der Waals surface area contributed by atoms with Gasteiger partial charge in [0.15, 0.2) is 11.5 Å². The van der Waals surface area contributed by atoms with Crippen LogP contribution in [0.3, 0.4) is 0 Å². The van der Waals surface area contributed by atoms with Crippen molar-refractivity contribution < 1.29 is 18.6 Å². The van der Waals surface area contributed by atoms with Gasteiger partial charge in [-0.15, -0.1) is 0 Å². The van der Waals surface area contributed by atoms with Crippen LogP contribution in [0.15, 0.2) is 46.9 Å². The smallest absolute Gasteiger partial charge is 0.161 e. The van der Waals surface area contributed by atoms with E-state index in [-0.39, 0.29) is 5.82 Å². The lowest BCUT2D eigenvalue weighted by Gasteiger charge is -2.12. The third-order valence-corrected chi connectivity index (χ3v) is 3.30. The molecule has 0 aliphatic carbocycles. The minimum Gasteiger partial charge on any atom is -0.490 e. The maximum atomic E-state index is 13.1. The van der Waals surface area contributed by atoms with Gasteiger partial charge in [0.2, 0.25) is 0 Å². The minimum absolute atomic E-state index is 0.308. The van der Waals surface area contributed by atoms with E-state index in [1.54, 1.807) is 6.07 Å². The van der Waals surface area contributed by atoms with Gasteiger partial charge >= 0.3 is 0 Å². The average molecular weight is 355 g/mol. The summed E-state index contributed by atoms with van der Waals surface area (Å²) in [5, 5.41) is 0. The molecule has 2 rings (SSSR count). The molecular weight excluding hydrogens is 339 g/mol. The SMILES string of the molecule is CCOc1ccccc1OCCOc1cc(F)ccc1Br. The van der Waals surface area contributed by atoms with Crippen LogP contribution in [0, 0.1) is 5.82 Å². The van der Waals surface area contributed by atoms with E-state index in [4.69, 9.17) is 14.2 Å². The van der Waals surface area contributed by atoms with E-state index < -0.39 is 0 Å². The van der Waals surface area contributed by atoms with E-state index in [0.717, 1.165) is 0 Å². The molecule has 0 saturated heterocycles. The van der Waals surface area contributed by atoms with Crippen molar-refractivity contribution in [2.24, 2.45) is 0 Å².